The van der Waals surface area contributed by atoms with Crippen molar-refractivity contribution in [3.8, 4) is 0 Å². The van der Waals surface area contributed by atoms with Gasteiger partial charge in [-0.1, -0.05) is 12.1 Å². The van der Waals surface area contributed by atoms with E-state index in [0.29, 0.717) is 11.1 Å². The number of carbonyl (C=O) groups is 3. The summed E-state index contributed by atoms with van der Waals surface area (Å²) in [7, 11) is 0. The van der Waals surface area contributed by atoms with E-state index >= 15 is 0 Å². The number of hydrogen-bond acceptors (Lipinski definition) is 4. The van der Waals surface area contributed by atoms with Crippen LogP contribution in [0.5, 0.6) is 0 Å². The fourth-order valence-electron chi connectivity index (χ4n) is 1.66. The van der Waals surface area contributed by atoms with Gasteiger partial charge in [-0.05, 0) is 12.1 Å². The average molecular weight is 234 g/mol. The zero-order valence-electron chi connectivity index (χ0n) is 8.84. The van der Waals surface area contributed by atoms with Crippen LogP contribution in [0.1, 0.15) is 20.7 Å². The van der Waals surface area contributed by atoms with Crippen LogP contribution in [0.15, 0.2) is 24.3 Å². The zero-order chi connectivity index (χ0) is 12.4. The number of nitrogens with zero attached hydrogens (tertiary/aromatic N) is 1. The van der Waals surface area contributed by atoms with Crippen molar-refractivity contribution in [2.75, 3.05) is 13.2 Å². The molecule has 2 rings (SSSR count). The van der Waals surface area contributed by atoms with Gasteiger partial charge in [0.1, 0.15) is 0 Å². The maximum absolute atomic E-state index is 11.8. The minimum Gasteiger partial charge on any atom is -0.480 e. The molecule has 0 aromatic heterocycles. The van der Waals surface area contributed by atoms with Crippen molar-refractivity contribution in [3.05, 3.63) is 35.4 Å². The Morgan fingerprint density at radius 2 is 1.71 bits per heavy atom. The molecule has 1 aliphatic rings. The molecule has 2 amide bonds. The van der Waals surface area contributed by atoms with Crippen LogP contribution < -0.4 is 5.32 Å². The Balaban J connectivity index is 2.11. The molecule has 2 N–H and O–H groups in total. The minimum absolute atomic E-state index is 0.0986. The van der Waals surface area contributed by atoms with Gasteiger partial charge < -0.3 is 5.11 Å². The van der Waals surface area contributed by atoms with Crippen LogP contribution in [0.25, 0.3) is 0 Å². The molecule has 6 nitrogen and oxygen atoms in total. The predicted molar refractivity (Wildman–Crippen MR) is 57.4 cm³/mol. The summed E-state index contributed by atoms with van der Waals surface area (Å²) in [5.41, 5.74) is 0.712. The molecule has 1 aliphatic heterocycles. The number of rotatable bonds is 4. The number of carbonyl (C=O) groups excluding carboxylic acids is 2. The first-order valence-electron chi connectivity index (χ1n) is 4.99. The quantitative estimate of drug-likeness (QED) is 0.711. The highest BCUT2D eigenvalue weighted by Gasteiger charge is 2.34. The van der Waals surface area contributed by atoms with E-state index in [9.17, 15) is 14.4 Å². The van der Waals surface area contributed by atoms with Crippen LogP contribution in [0.4, 0.5) is 0 Å². The number of carboxylic acid groups (broad SMARTS) is 1. The molecule has 17 heavy (non-hydrogen) atoms. The van der Waals surface area contributed by atoms with Crippen LogP contribution in [0, 0.1) is 0 Å². The molecule has 0 aliphatic carbocycles. The number of aliphatic carboxylic acids is 1. The maximum atomic E-state index is 11.8. The fraction of sp³-hybridized carbons (Fsp3) is 0.182. The van der Waals surface area contributed by atoms with Gasteiger partial charge in [0, 0.05) is 0 Å². The highest BCUT2D eigenvalue weighted by molar-refractivity contribution is 6.21. The van der Waals surface area contributed by atoms with Crippen LogP contribution in [0.3, 0.4) is 0 Å². The molecule has 0 saturated carbocycles. The van der Waals surface area contributed by atoms with Crippen LogP contribution in [-0.2, 0) is 4.79 Å². The summed E-state index contributed by atoms with van der Waals surface area (Å²) in [5, 5.41) is 10.9. The highest BCUT2D eigenvalue weighted by Crippen LogP contribution is 2.21. The fourth-order valence-corrected chi connectivity index (χ4v) is 1.66. The van der Waals surface area contributed by atoms with E-state index < -0.39 is 17.8 Å². The Morgan fingerprint density at radius 1 is 1.18 bits per heavy atom. The van der Waals surface area contributed by atoms with E-state index in [1.165, 1.54) is 0 Å². The van der Waals surface area contributed by atoms with Crippen molar-refractivity contribution >= 4 is 17.8 Å². The number of amides is 2. The number of imide groups is 1. The molecular formula is C11H10N2O4. The maximum Gasteiger partial charge on any atom is 0.317 e. The lowest BCUT2D eigenvalue weighted by Gasteiger charge is -2.13. The Kier molecular flexibility index (Phi) is 2.88. The van der Waals surface area contributed by atoms with Crippen LogP contribution in [-0.4, -0.2) is 41.0 Å². The number of hydrogen-bond donors (Lipinski definition) is 2. The average Bonchev–Trinajstić information content (AvgIpc) is 2.54. The van der Waals surface area contributed by atoms with Gasteiger partial charge in [0.05, 0.1) is 24.3 Å². The van der Waals surface area contributed by atoms with Gasteiger partial charge in [0.15, 0.2) is 0 Å². The lowest BCUT2D eigenvalue weighted by Crippen LogP contribution is -2.40. The van der Waals surface area contributed by atoms with Gasteiger partial charge in [-0.2, -0.15) is 0 Å². The first-order valence-corrected chi connectivity index (χ1v) is 4.99. The van der Waals surface area contributed by atoms with E-state index in [4.69, 9.17) is 5.11 Å². The molecule has 0 unspecified atom stereocenters. The third kappa shape index (κ3) is 2.02. The second-order valence-electron chi connectivity index (χ2n) is 3.56. The van der Waals surface area contributed by atoms with Crippen molar-refractivity contribution in [3.63, 3.8) is 0 Å². The summed E-state index contributed by atoms with van der Waals surface area (Å²) in [4.78, 5) is 34.9. The Labute approximate surface area is 96.8 Å². The molecule has 88 valence electrons. The molecule has 1 heterocycles. The van der Waals surface area contributed by atoms with Gasteiger partial charge in [0.25, 0.3) is 11.8 Å². The van der Waals surface area contributed by atoms with Crippen molar-refractivity contribution in [1.29, 1.82) is 0 Å². The van der Waals surface area contributed by atoms with Crippen molar-refractivity contribution in [2.45, 2.75) is 0 Å². The molecule has 0 radical (unpaired) electrons. The molecule has 0 bridgehead atoms. The van der Waals surface area contributed by atoms with Gasteiger partial charge in [-0.25, -0.2) is 0 Å². The van der Waals surface area contributed by atoms with Gasteiger partial charge in [-0.3, -0.25) is 24.6 Å². The Bertz CT molecular complexity index is 463. The lowest BCUT2D eigenvalue weighted by atomic mass is 10.1. The van der Waals surface area contributed by atoms with Crippen molar-refractivity contribution in [2.24, 2.45) is 0 Å². The zero-order valence-corrected chi connectivity index (χ0v) is 8.84. The summed E-state index contributed by atoms with van der Waals surface area (Å²) in [5.74, 6) is -1.84. The molecule has 1 aromatic carbocycles. The smallest absolute Gasteiger partial charge is 0.317 e. The van der Waals surface area contributed by atoms with Gasteiger partial charge in [0.2, 0.25) is 0 Å². The largest absolute Gasteiger partial charge is 0.480 e. The summed E-state index contributed by atoms with van der Waals surface area (Å²) < 4.78 is 0. The van der Waals surface area contributed by atoms with E-state index in [2.05, 4.69) is 5.32 Å². The Morgan fingerprint density at radius 3 is 2.18 bits per heavy atom. The number of nitrogens with one attached hydrogen (secondary N) is 1. The first kappa shape index (κ1) is 11.3. The molecule has 0 fully saturated rings. The second-order valence-corrected chi connectivity index (χ2v) is 3.56. The van der Waals surface area contributed by atoms with Crippen LogP contribution >= 0.6 is 0 Å². The third-order valence-electron chi connectivity index (χ3n) is 2.42. The van der Waals surface area contributed by atoms with Crippen molar-refractivity contribution in [1.82, 2.24) is 10.2 Å². The summed E-state index contributed by atoms with van der Waals surface area (Å²) >= 11 is 0. The second kappa shape index (κ2) is 4.34. The molecule has 0 saturated heterocycles. The van der Waals surface area contributed by atoms with Gasteiger partial charge in [-0.15, -0.1) is 0 Å². The first-order chi connectivity index (χ1) is 8.11. The SMILES string of the molecule is O=C(O)CNCN1C(=O)c2ccccc2C1=O. The summed E-state index contributed by atoms with van der Waals surface area (Å²) in [6.45, 7) is -0.397. The molecule has 6 heteroatoms. The summed E-state index contributed by atoms with van der Waals surface area (Å²) in [6.07, 6.45) is 0. The number of fused-ring (bicyclic) bond motifs is 1. The van der Waals surface area contributed by atoms with Gasteiger partial charge >= 0.3 is 5.97 Å². The molecule has 0 atom stereocenters. The number of carboxylic acids is 1. The third-order valence-corrected chi connectivity index (χ3v) is 2.42. The van der Waals surface area contributed by atoms with E-state index in [0.717, 1.165) is 4.90 Å². The standard InChI is InChI=1S/C11H10N2O4/c14-9(15)5-12-6-13-10(16)7-3-1-2-4-8(7)11(13)17/h1-4,12H,5-6H2,(H,14,15). The topological polar surface area (TPSA) is 86.7 Å². The monoisotopic (exact) mass is 234 g/mol. The minimum atomic E-state index is -1.04. The molecule has 1 aromatic rings. The summed E-state index contributed by atoms with van der Waals surface area (Å²) in [6, 6.07) is 6.51. The van der Waals surface area contributed by atoms with E-state index in [1.54, 1.807) is 24.3 Å². The molecular weight excluding hydrogens is 224 g/mol. The Hall–Kier alpha value is -2.21. The predicted octanol–water partition coefficient (Wildman–Crippen LogP) is -0.0857. The van der Waals surface area contributed by atoms with Crippen molar-refractivity contribution < 1.29 is 19.5 Å². The number of benzene rings is 1. The highest BCUT2D eigenvalue weighted by atomic mass is 16.4. The normalized spacial score (nSPS) is 14.0. The molecule has 0 spiro atoms. The van der Waals surface area contributed by atoms with Crippen LogP contribution in [0.2, 0.25) is 0 Å². The van der Waals surface area contributed by atoms with E-state index in [1.807, 2.05) is 0 Å². The lowest BCUT2D eigenvalue weighted by molar-refractivity contribution is -0.136. The van der Waals surface area contributed by atoms with E-state index in [-0.39, 0.29) is 13.2 Å².